The highest BCUT2D eigenvalue weighted by Crippen LogP contribution is 2.39. The van der Waals surface area contributed by atoms with E-state index in [1.807, 2.05) is 0 Å². The molecule has 3 heteroatoms. The molecular weight excluding hydrogens is 246 g/mol. The molecule has 1 aliphatic heterocycles. The summed E-state index contributed by atoms with van der Waals surface area (Å²) in [7, 11) is 0. The van der Waals surface area contributed by atoms with Crippen molar-refractivity contribution < 1.29 is 0 Å². The van der Waals surface area contributed by atoms with Crippen molar-refractivity contribution in [2.45, 2.75) is 45.2 Å². The fraction of sp³-hybridized carbons (Fsp3) is 0.412. The summed E-state index contributed by atoms with van der Waals surface area (Å²) in [6.45, 7) is 4.05. The van der Waals surface area contributed by atoms with E-state index < -0.39 is 0 Å². The van der Waals surface area contributed by atoms with Gasteiger partial charge in [-0.25, -0.2) is 9.97 Å². The summed E-state index contributed by atoms with van der Waals surface area (Å²) in [4.78, 5) is 9.75. The smallest absolute Gasteiger partial charge is 0.136 e. The SMILES string of the molecule is CCCc1nc(C2Cc3ccccc32)nc2c1CNC2. The third-order valence-electron chi connectivity index (χ3n) is 4.44. The maximum absolute atomic E-state index is 4.90. The Hall–Kier alpha value is -1.74. The molecule has 0 fully saturated rings. The Morgan fingerprint density at radius 1 is 1.20 bits per heavy atom. The number of aromatic nitrogens is 2. The molecule has 1 aromatic heterocycles. The van der Waals surface area contributed by atoms with E-state index in [4.69, 9.17) is 9.97 Å². The normalized spacial score (nSPS) is 19.4. The highest BCUT2D eigenvalue weighted by Gasteiger charge is 2.31. The standard InChI is InChI=1S/C17H19N3/c1-2-5-15-14-9-18-10-16(14)20-17(19-15)13-8-11-6-3-4-7-12(11)13/h3-4,6-7,13,18H,2,5,8-10H2,1H3. The number of nitrogens with one attached hydrogen (secondary N) is 1. The van der Waals surface area contributed by atoms with Crippen LogP contribution in [0, 0.1) is 0 Å². The molecule has 1 aliphatic carbocycles. The third-order valence-corrected chi connectivity index (χ3v) is 4.44. The Bertz CT molecular complexity index is 663. The predicted octanol–water partition coefficient (Wildman–Crippen LogP) is 2.72. The highest BCUT2D eigenvalue weighted by molar-refractivity contribution is 5.45. The maximum Gasteiger partial charge on any atom is 0.136 e. The van der Waals surface area contributed by atoms with Gasteiger partial charge in [0.15, 0.2) is 0 Å². The van der Waals surface area contributed by atoms with Crippen LogP contribution in [0.5, 0.6) is 0 Å². The van der Waals surface area contributed by atoms with E-state index in [1.54, 1.807) is 0 Å². The Morgan fingerprint density at radius 2 is 2.10 bits per heavy atom. The zero-order valence-corrected chi connectivity index (χ0v) is 11.8. The summed E-state index contributed by atoms with van der Waals surface area (Å²) < 4.78 is 0. The van der Waals surface area contributed by atoms with Crippen LogP contribution in [0.15, 0.2) is 24.3 Å². The van der Waals surface area contributed by atoms with Crippen molar-refractivity contribution >= 4 is 0 Å². The molecule has 1 N–H and O–H groups in total. The summed E-state index contributed by atoms with van der Waals surface area (Å²) in [6.07, 6.45) is 3.30. The first-order valence-electron chi connectivity index (χ1n) is 7.54. The number of fused-ring (bicyclic) bond motifs is 2. The van der Waals surface area contributed by atoms with Crippen molar-refractivity contribution in [3.05, 3.63) is 58.2 Å². The molecule has 4 rings (SSSR count). The molecule has 2 heterocycles. The first kappa shape index (κ1) is 12.0. The topological polar surface area (TPSA) is 37.8 Å². The first-order valence-corrected chi connectivity index (χ1v) is 7.54. The Morgan fingerprint density at radius 3 is 2.95 bits per heavy atom. The van der Waals surface area contributed by atoms with Crippen molar-refractivity contribution in [2.75, 3.05) is 0 Å². The minimum Gasteiger partial charge on any atom is -0.307 e. The minimum absolute atomic E-state index is 0.410. The van der Waals surface area contributed by atoms with E-state index in [-0.39, 0.29) is 0 Å². The van der Waals surface area contributed by atoms with E-state index in [0.717, 1.165) is 38.2 Å². The lowest BCUT2D eigenvalue weighted by atomic mass is 9.77. The third kappa shape index (κ3) is 1.77. The van der Waals surface area contributed by atoms with Crippen LogP contribution in [0.3, 0.4) is 0 Å². The molecule has 2 aliphatic rings. The fourth-order valence-corrected chi connectivity index (χ4v) is 3.35. The van der Waals surface area contributed by atoms with Gasteiger partial charge in [-0.15, -0.1) is 0 Å². The molecule has 2 aromatic rings. The zero-order valence-electron chi connectivity index (χ0n) is 11.8. The largest absolute Gasteiger partial charge is 0.307 e. The second kappa shape index (κ2) is 4.67. The number of hydrogen-bond acceptors (Lipinski definition) is 3. The number of rotatable bonds is 3. The molecule has 1 unspecified atom stereocenters. The lowest BCUT2D eigenvalue weighted by Crippen LogP contribution is -2.22. The van der Waals surface area contributed by atoms with E-state index in [2.05, 4.69) is 36.5 Å². The Kier molecular flexibility index (Phi) is 2.81. The van der Waals surface area contributed by atoms with Crippen LogP contribution in [0.2, 0.25) is 0 Å². The van der Waals surface area contributed by atoms with Gasteiger partial charge >= 0.3 is 0 Å². The van der Waals surface area contributed by atoms with Gasteiger partial charge in [-0.3, -0.25) is 0 Å². The highest BCUT2D eigenvalue weighted by atomic mass is 15.0. The molecule has 3 nitrogen and oxygen atoms in total. The van der Waals surface area contributed by atoms with E-state index in [1.165, 1.54) is 28.1 Å². The summed E-state index contributed by atoms with van der Waals surface area (Å²) >= 11 is 0. The summed E-state index contributed by atoms with van der Waals surface area (Å²) in [6, 6.07) is 8.67. The van der Waals surface area contributed by atoms with Crippen molar-refractivity contribution in [1.29, 1.82) is 0 Å². The summed E-state index contributed by atoms with van der Waals surface area (Å²) in [5.74, 6) is 1.45. The molecule has 0 amide bonds. The molecule has 1 aromatic carbocycles. The number of hydrogen-bond donors (Lipinski definition) is 1. The number of benzene rings is 1. The molecule has 1 atom stereocenters. The van der Waals surface area contributed by atoms with Crippen molar-refractivity contribution in [3.8, 4) is 0 Å². The van der Waals surface area contributed by atoms with Gasteiger partial charge in [-0.05, 0) is 24.0 Å². The van der Waals surface area contributed by atoms with Crippen molar-refractivity contribution in [1.82, 2.24) is 15.3 Å². The molecule has 0 saturated carbocycles. The lowest BCUT2D eigenvalue weighted by molar-refractivity contribution is 0.644. The van der Waals surface area contributed by atoms with Gasteiger partial charge in [0.2, 0.25) is 0 Å². The quantitative estimate of drug-likeness (QED) is 0.927. The van der Waals surface area contributed by atoms with Gasteiger partial charge in [0.25, 0.3) is 0 Å². The van der Waals surface area contributed by atoms with Crippen LogP contribution in [0.25, 0.3) is 0 Å². The summed E-state index contributed by atoms with van der Waals surface area (Å²) in [5, 5.41) is 3.41. The van der Waals surface area contributed by atoms with E-state index >= 15 is 0 Å². The minimum atomic E-state index is 0.410. The Labute approximate surface area is 119 Å². The maximum atomic E-state index is 4.90. The second-order valence-corrected chi connectivity index (χ2v) is 5.76. The first-order chi connectivity index (χ1) is 9.86. The van der Waals surface area contributed by atoms with Gasteiger partial charge < -0.3 is 5.32 Å². The van der Waals surface area contributed by atoms with Crippen LogP contribution in [-0.4, -0.2) is 9.97 Å². The molecule has 102 valence electrons. The van der Waals surface area contributed by atoms with Crippen LogP contribution >= 0.6 is 0 Å². The van der Waals surface area contributed by atoms with Gasteiger partial charge in [0.05, 0.1) is 5.69 Å². The summed E-state index contributed by atoms with van der Waals surface area (Å²) in [5.41, 5.74) is 6.71. The Balaban J connectivity index is 1.75. The number of aryl methyl sites for hydroxylation is 1. The zero-order chi connectivity index (χ0) is 13.5. The second-order valence-electron chi connectivity index (χ2n) is 5.76. The van der Waals surface area contributed by atoms with Crippen LogP contribution in [0.1, 0.15) is 53.2 Å². The molecular formula is C17H19N3. The average Bonchev–Trinajstić information content (AvgIpc) is 2.89. The molecule has 0 bridgehead atoms. The van der Waals surface area contributed by atoms with Crippen molar-refractivity contribution in [2.24, 2.45) is 0 Å². The van der Waals surface area contributed by atoms with Crippen LogP contribution in [-0.2, 0) is 25.9 Å². The van der Waals surface area contributed by atoms with Gasteiger partial charge in [0, 0.05) is 30.3 Å². The molecule has 20 heavy (non-hydrogen) atoms. The van der Waals surface area contributed by atoms with E-state index in [0.29, 0.717) is 5.92 Å². The average molecular weight is 265 g/mol. The number of nitrogens with zero attached hydrogens (tertiary/aromatic N) is 2. The van der Waals surface area contributed by atoms with E-state index in [9.17, 15) is 0 Å². The molecule has 0 saturated heterocycles. The predicted molar refractivity (Wildman–Crippen MR) is 78.6 cm³/mol. The van der Waals surface area contributed by atoms with Gasteiger partial charge in [-0.1, -0.05) is 37.6 Å². The van der Waals surface area contributed by atoms with Crippen LogP contribution in [0.4, 0.5) is 0 Å². The lowest BCUT2D eigenvalue weighted by Gasteiger charge is -2.29. The van der Waals surface area contributed by atoms with Crippen molar-refractivity contribution in [3.63, 3.8) is 0 Å². The van der Waals surface area contributed by atoms with Gasteiger partial charge in [-0.2, -0.15) is 0 Å². The fourth-order valence-electron chi connectivity index (χ4n) is 3.35. The monoisotopic (exact) mass is 265 g/mol. The van der Waals surface area contributed by atoms with Crippen LogP contribution < -0.4 is 5.32 Å². The molecule has 0 spiro atoms. The molecule has 0 radical (unpaired) electrons. The van der Waals surface area contributed by atoms with Gasteiger partial charge in [0.1, 0.15) is 5.82 Å².